The van der Waals surface area contributed by atoms with Gasteiger partial charge in [0.05, 0.1) is 5.39 Å². The fraction of sp³-hybridized carbons (Fsp3) is 0.0909. The first-order valence-electron chi connectivity index (χ1n) is 9.07. The third-order valence-electron chi connectivity index (χ3n) is 4.64. The second kappa shape index (κ2) is 7.55. The number of nitrogens with zero attached hydrogens (tertiary/aromatic N) is 2. The number of aromatic nitrogens is 2. The largest absolute Gasteiger partial charge is 0.354 e. The Hall–Kier alpha value is -4.00. The van der Waals surface area contributed by atoms with Crippen LogP contribution >= 0.6 is 0 Å². The SMILES string of the molecule is CNC(=O)c1nn(CC(=O)Nc2ccc3ccccc3c2)c(=O)c2ccccc12. The highest BCUT2D eigenvalue weighted by molar-refractivity contribution is 6.04. The van der Waals surface area contributed by atoms with Gasteiger partial charge in [-0.1, -0.05) is 48.5 Å². The molecule has 29 heavy (non-hydrogen) atoms. The minimum atomic E-state index is -0.429. The number of benzene rings is 3. The summed E-state index contributed by atoms with van der Waals surface area (Å²) in [6, 6.07) is 20.1. The van der Waals surface area contributed by atoms with Gasteiger partial charge in [-0.3, -0.25) is 14.4 Å². The summed E-state index contributed by atoms with van der Waals surface area (Å²) >= 11 is 0. The molecule has 0 saturated carbocycles. The molecule has 4 aromatic rings. The summed E-state index contributed by atoms with van der Waals surface area (Å²) in [5.41, 5.74) is 0.289. The third kappa shape index (κ3) is 3.58. The smallest absolute Gasteiger partial charge is 0.275 e. The van der Waals surface area contributed by atoms with Gasteiger partial charge in [0, 0.05) is 18.1 Å². The van der Waals surface area contributed by atoms with Crippen LogP contribution in [0, 0.1) is 0 Å². The Labute approximate surface area is 166 Å². The van der Waals surface area contributed by atoms with Crippen LogP contribution in [-0.2, 0) is 11.3 Å². The van der Waals surface area contributed by atoms with Crippen molar-refractivity contribution in [2.24, 2.45) is 0 Å². The van der Waals surface area contributed by atoms with Crippen molar-refractivity contribution in [2.45, 2.75) is 6.54 Å². The Morgan fingerprint density at radius 3 is 2.38 bits per heavy atom. The van der Waals surface area contributed by atoms with E-state index in [-0.39, 0.29) is 12.2 Å². The van der Waals surface area contributed by atoms with Gasteiger partial charge in [0.2, 0.25) is 5.91 Å². The highest BCUT2D eigenvalue weighted by Crippen LogP contribution is 2.19. The number of nitrogens with one attached hydrogen (secondary N) is 2. The van der Waals surface area contributed by atoms with Gasteiger partial charge in [0.15, 0.2) is 5.69 Å². The van der Waals surface area contributed by atoms with Crippen LogP contribution in [0.25, 0.3) is 21.5 Å². The standard InChI is InChI=1S/C22H18N4O3/c1-23-21(28)20-17-8-4-5-9-18(17)22(29)26(25-20)13-19(27)24-16-11-10-14-6-2-3-7-15(14)12-16/h2-12H,13H2,1H3,(H,23,28)(H,24,27). The van der Waals surface area contributed by atoms with Gasteiger partial charge in [-0.25, -0.2) is 4.68 Å². The number of amides is 2. The van der Waals surface area contributed by atoms with Crippen LogP contribution in [0.5, 0.6) is 0 Å². The van der Waals surface area contributed by atoms with Crippen molar-refractivity contribution in [2.75, 3.05) is 12.4 Å². The van der Waals surface area contributed by atoms with Gasteiger partial charge in [0.25, 0.3) is 11.5 Å². The van der Waals surface area contributed by atoms with E-state index in [1.54, 1.807) is 30.3 Å². The van der Waals surface area contributed by atoms with Crippen LogP contribution in [0.4, 0.5) is 5.69 Å². The Kier molecular flexibility index (Phi) is 4.78. The quantitative estimate of drug-likeness (QED) is 0.564. The van der Waals surface area contributed by atoms with Crippen molar-refractivity contribution >= 4 is 39.0 Å². The van der Waals surface area contributed by atoms with Crippen LogP contribution < -0.4 is 16.2 Å². The van der Waals surface area contributed by atoms with E-state index in [1.807, 2.05) is 36.4 Å². The first-order chi connectivity index (χ1) is 14.1. The van der Waals surface area contributed by atoms with Gasteiger partial charge in [-0.05, 0) is 29.0 Å². The van der Waals surface area contributed by atoms with Crippen molar-refractivity contribution < 1.29 is 9.59 Å². The fourth-order valence-electron chi connectivity index (χ4n) is 3.23. The first-order valence-corrected chi connectivity index (χ1v) is 9.07. The van der Waals surface area contributed by atoms with Crippen LogP contribution in [-0.4, -0.2) is 28.6 Å². The monoisotopic (exact) mass is 386 g/mol. The normalized spacial score (nSPS) is 10.8. The summed E-state index contributed by atoms with van der Waals surface area (Å²) in [6.07, 6.45) is 0. The molecule has 0 aliphatic rings. The zero-order valence-corrected chi connectivity index (χ0v) is 15.7. The molecule has 0 atom stereocenters. The van der Waals surface area contributed by atoms with Gasteiger partial charge >= 0.3 is 0 Å². The lowest BCUT2D eigenvalue weighted by Gasteiger charge is -2.11. The maximum absolute atomic E-state index is 12.7. The fourth-order valence-corrected chi connectivity index (χ4v) is 3.23. The Morgan fingerprint density at radius 1 is 0.931 bits per heavy atom. The lowest BCUT2D eigenvalue weighted by Crippen LogP contribution is -2.33. The number of carbonyl (C=O) groups excluding carboxylic acids is 2. The first kappa shape index (κ1) is 18.4. The molecule has 0 saturated heterocycles. The van der Waals surface area contributed by atoms with Gasteiger partial charge < -0.3 is 10.6 Å². The van der Waals surface area contributed by atoms with E-state index < -0.39 is 17.4 Å². The number of hydrogen-bond donors (Lipinski definition) is 2. The molecule has 7 nitrogen and oxygen atoms in total. The molecule has 2 N–H and O–H groups in total. The minimum absolute atomic E-state index is 0.0983. The Bertz CT molecular complexity index is 1310. The lowest BCUT2D eigenvalue weighted by molar-refractivity contribution is -0.117. The van der Waals surface area contributed by atoms with Crippen molar-refractivity contribution in [3.8, 4) is 0 Å². The molecule has 0 radical (unpaired) electrons. The predicted molar refractivity (Wildman–Crippen MR) is 112 cm³/mol. The van der Waals surface area contributed by atoms with Crippen molar-refractivity contribution in [3.63, 3.8) is 0 Å². The summed E-state index contributed by atoms with van der Waals surface area (Å²) in [5, 5.41) is 12.3. The highest BCUT2D eigenvalue weighted by atomic mass is 16.2. The molecule has 0 aliphatic heterocycles. The molecule has 0 bridgehead atoms. The predicted octanol–water partition coefficient (Wildman–Crippen LogP) is 2.55. The van der Waals surface area contributed by atoms with Crippen molar-refractivity contribution in [1.82, 2.24) is 15.1 Å². The van der Waals surface area contributed by atoms with E-state index in [0.717, 1.165) is 15.5 Å². The molecular formula is C22H18N4O3. The highest BCUT2D eigenvalue weighted by Gasteiger charge is 2.17. The molecule has 1 aromatic heterocycles. The van der Waals surface area contributed by atoms with E-state index in [0.29, 0.717) is 16.5 Å². The number of hydrogen-bond acceptors (Lipinski definition) is 4. The topological polar surface area (TPSA) is 93.1 Å². The molecule has 1 heterocycles. The second-order valence-corrected chi connectivity index (χ2v) is 6.55. The minimum Gasteiger partial charge on any atom is -0.354 e. The molecule has 0 unspecified atom stereocenters. The van der Waals surface area contributed by atoms with Crippen LogP contribution in [0.2, 0.25) is 0 Å². The lowest BCUT2D eigenvalue weighted by atomic mass is 10.1. The summed E-state index contributed by atoms with van der Waals surface area (Å²) in [6.45, 7) is -0.305. The Balaban J connectivity index is 1.66. The van der Waals surface area contributed by atoms with Gasteiger partial charge in [0.1, 0.15) is 6.54 Å². The van der Waals surface area contributed by atoms with E-state index in [9.17, 15) is 14.4 Å². The summed E-state index contributed by atoms with van der Waals surface area (Å²) < 4.78 is 1.02. The molecule has 0 aliphatic carbocycles. The average molecular weight is 386 g/mol. The van der Waals surface area contributed by atoms with Gasteiger partial charge in [-0.15, -0.1) is 0 Å². The Morgan fingerprint density at radius 2 is 1.62 bits per heavy atom. The number of anilines is 1. The molecule has 2 amide bonds. The van der Waals surface area contributed by atoms with E-state index in [2.05, 4.69) is 15.7 Å². The van der Waals surface area contributed by atoms with Gasteiger partial charge in [-0.2, -0.15) is 5.10 Å². The second-order valence-electron chi connectivity index (χ2n) is 6.55. The summed E-state index contributed by atoms with van der Waals surface area (Å²) in [5.74, 6) is -0.835. The van der Waals surface area contributed by atoms with Crippen LogP contribution in [0.1, 0.15) is 10.5 Å². The molecule has 0 spiro atoms. The number of rotatable bonds is 4. The van der Waals surface area contributed by atoms with Crippen molar-refractivity contribution in [3.05, 3.63) is 82.8 Å². The molecule has 3 aromatic carbocycles. The van der Waals surface area contributed by atoms with E-state index in [4.69, 9.17) is 0 Å². The maximum atomic E-state index is 12.7. The van der Waals surface area contributed by atoms with Crippen LogP contribution in [0.3, 0.4) is 0 Å². The third-order valence-corrected chi connectivity index (χ3v) is 4.64. The molecule has 0 fully saturated rings. The van der Waals surface area contributed by atoms with E-state index >= 15 is 0 Å². The number of fused-ring (bicyclic) bond motifs is 2. The summed E-state index contributed by atoms with van der Waals surface area (Å²) in [7, 11) is 1.49. The zero-order chi connectivity index (χ0) is 20.4. The number of carbonyl (C=O) groups is 2. The van der Waals surface area contributed by atoms with E-state index in [1.165, 1.54) is 7.05 Å². The molecular weight excluding hydrogens is 368 g/mol. The maximum Gasteiger partial charge on any atom is 0.275 e. The van der Waals surface area contributed by atoms with Crippen LogP contribution in [0.15, 0.2) is 71.5 Å². The zero-order valence-electron chi connectivity index (χ0n) is 15.7. The van der Waals surface area contributed by atoms with Crippen molar-refractivity contribution in [1.29, 1.82) is 0 Å². The average Bonchev–Trinajstić information content (AvgIpc) is 2.75. The molecule has 7 heteroatoms. The molecule has 4 rings (SSSR count). The molecule has 144 valence electrons. The summed E-state index contributed by atoms with van der Waals surface area (Å²) in [4.78, 5) is 37.5.